The molecule has 2 aromatic carbocycles. The Bertz CT molecular complexity index is 1770. The molecule has 4 N–H and O–H groups in total. The maximum atomic E-state index is 13.9. The molecule has 12 heteroatoms. The minimum atomic E-state index is -1.06. The van der Waals surface area contributed by atoms with E-state index in [1.807, 2.05) is 100 Å². The van der Waals surface area contributed by atoms with Crippen LogP contribution in [0.1, 0.15) is 63.5 Å². The number of β-amino-alcohol motifs (C(OH)–C–C–N with tert-alkyl or cyclic N) is 1. The molecule has 51 heavy (non-hydrogen) atoms. The SMILES string of the molecule is CC(C)[C@H](NC(=O)c1ccc2ccccc2n1)C(=O)N[C@@H](Cc1ccccc1)[C@H](O)CN1CC[C@@H](Oc2ncccn2)CC1C(=O)NC(C)(C)C. The molecule has 3 heterocycles. The summed E-state index contributed by atoms with van der Waals surface area (Å²) in [6.07, 6.45) is 3.14. The second-order valence-electron chi connectivity index (χ2n) is 14.5. The summed E-state index contributed by atoms with van der Waals surface area (Å²) in [6.45, 7) is 10.1. The minimum Gasteiger partial charge on any atom is -0.460 e. The van der Waals surface area contributed by atoms with E-state index in [4.69, 9.17) is 4.74 Å². The van der Waals surface area contributed by atoms with Crippen molar-refractivity contribution in [2.75, 3.05) is 13.1 Å². The van der Waals surface area contributed by atoms with Gasteiger partial charge in [-0.15, -0.1) is 0 Å². The number of aliphatic hydroxyl groups is 1. The van der Waals surface area contributed by atoms with Gasteiger partial charge in [-0.2, -0.15) is 0 Å². The van der Waals surface area contributed by atoms with Gasteiger partial charge in [0.2, 0.25) is 11.8 Å². The van der Waals surface area contributed by atoms with Gasteiger partial charge in [0.1, 0.15) is 17.8 Å². The number of piperidine rings is 1. The molecule has 2 aromatic heterocycles. The largest absolute Gasteiger partial charge is 0.460 e. The number of fused-ring (bicyclic) bond motifs is 1. The minimum absolute atomic E-state index is 0.119. The smallest absolute Gasteiger partial charge is 0.316 e. The van der Waals surface area contributed by atoms with Gasteiger partial charge in [-0.1, -0.05) is 68.4 Å². The molecular formula is C39H49N7O5. The number of para-hydroxylation sites is 1. The van der Waals surface area contributed by atoms with Crippen molar-refractivity contribution in [1.29, 1.82) is 0 Å². The predicted molar refractivity (Wildman–Crippen MR) is 195 cm³/mol. The lowest BCUT2D eigenvalue weighted by Crippen LogP contribution is -2.60. The zero-order valence-corrected chi connectivity index (χ0v) is 30.0. The topological polar surface area (TPSA) is 159 Å². The third-order valence-corrected chi connectivity index (χ3v) is 8.86. The summed E-state index contributed by atoms with van der Waals surface area (Å²) < 4.78 is 6.04. The normalized spacial score (nSPS) is 18.4. The van der Waals surface area contributed by atoms with Crippen LogP contribution in [0.4, 0.5) is 0 Å². The van der Waals surface area contributed by atoms with Crippen LogP contribution in [0.2, 0.25) is 0 Å². The lowest BCUT2D eigenvalue weighted by Gasteiger charge is -2.41. The molecule has 1 aliphatic heterocycles. The fraction of sp³-hybridized carbons (Fsp3) is 0.436. The Balaban J connectivity index is 1.33. The average molecular weight is 696 g/mol. The Morgan fingerprint density at radius 3 is 2.35 bits per heavy atom. The van der Waals surface area contributed by atoms with Crippen LogP contribution in [0, 0.1) is 5.92 Å². The summed E-state index contributed by atoms with van der Waals surface area (Å²) in [7, 11) is 0. The molecule has 0 saturated carbocycles. The van der Waals surface area contributed by atoms with Crippen molar-refractivity contribution >= 4 is 28.6 Å². The van der Waals surface area contributed by atoms with E-state index in [9.17, 15) is 19.5 Å². The first kappa shape index (κ1) is 37.3. The zero-order valence-electron chi connectivity index (χ0n) is 30.0. The molecular weight excluding hydrogens is 646 g/mol. The highest BCUT2D eigenvalue weighted by Crippen LogP contribution is 2.23. The van der Waals surface area contributed by atoms with E-state index in [0.717, 1.165) is 10.9 Å². The second kappa shape index (κ2) is 16.8. The van der Waals surface area contributed by atoms with Crippen LogP contribution >= 0.6 is 0 Å². The number of rotatable bonds is 13. The van der Waals surface area contributed by atoms with Crippen LogP contribution in [-0.4, -0.2) is 91.6 Å². The highest BCUT2D eigenvalue weighted by Gasteiger charge is 2.38. The quantitative estimate of drug-likeness (QED) is 0.164. The molecule has 5 rings (SSSR count). The number of carbonyl (C=O) groups is 3. The van der Waals surface area contributed by atoms with Crippen LogP contribution in [0.5, 0.6) is 6.01 Å². The third kappa shape index (κ3) is 10.5. The number of carbonyl (C=O) groups excluding carboxylic acids is 3. The fourth-order valence-corrected chi connectivity index (χ4v) is 6.26. The van der Waals surface area contributed by atoms with Crippen LogP contribution in [-0.2, 0) is 16.0 Å². The number of pyridine rings is 1. The maximum Gasteiger partial charge on any atom is 0.316 e. The first-order valence-electron chi connectivity index (χ1n) is 17.5. The van der Waals surface area contributed by atoms with Crippen molar-refractivity contribution in [1.82, 2.24) is 35.8 Å². The van der Waals surface area contributed by atoms with E-state index in [1.165, 1.54) is 0 Å². The van der Waals surface area contributed by atoms with Crippen molar-refractivity contribution < 1.29 is 24.2 Å². The lowest BCUT2D eigenvalue weighted by molar-refractivity contribution is -0.132. The zero-order chi connectivity index (χ0) is 36.5. The van der Waals surface area contributed by atoms with Gasteiger partial charge in [0.15, 0.2) is 0 Å². The lowest BCUT2D eigenvalue weighted by atomic mass is 9.94. The summed E-state index contributed by atoms with van der Waals surface area (Å²) in [6, 6.07) is 20.3. The van der Waals surface area contributed by atoms with E-state index < -0.39 is 41.6 Å². The summed E-state index contributed by atoms with van der Waals surface area (Å²) in [4.78, 5) is 55.8. The number of ether oxygens (including phenoxy) is 1. The molecule has 3 amide bonds. The summed E-state index contributed by atoms with van der Waals surface area (Å²) in [5, 5.41) is 21.8. The number of aliphatic hydroxyl groups excluding tert-OH is 1. The van der Waals surface area contributed by atoms with Gasteiger partial charge in [0.25, 0.3) is 5.91 Å². The number of nitrogens with one attached hydrogen (secondary N) is 3. The Hall–Kier alpha value is -4.94. The van der Waals surface area contributed by atoms with Gasteiger partial charge in [-0.05, 0) is 63.3 Å². The molecule has 1 aliphatic rings. The van der Waals surface area contributed by atoms with Gasteiger partial charge < -0.3 is 25.8 Å². The van der Waals surface area contributed by atoms with Crippen LogP contribution in [0.25, 0.3) is 10.9 Å². The van der Waals surface area contributed by atoms with Gasteiger partial charge in [-0.25, -0.2) is 15.0 Å². The second-order valence-corrected chi connectivity index (χ2v) is 14.5. The molecule has 1 unspecified atom stereocenters. The number of amides is 3. The Kier molecular flexibility index (Phi) is 12.3. The average Bonchev–Trinajstić information content (AvgIpc) is 3.10. The maximum absolute atomic E-state index is 13.9. The summed E-state index contributed by atoms with van der Waals surface area (Å²) >= 11 is 0. The van der Waals surface area contributed by atoms with Crippen molar-refractivity contribution in [3.63, 3.8) is 0 Å². The van der Waals surface area contributed by atoms with Gasteiger partial charge >= 0.3 is 6.01 Å². The molecule has 1 saturated heterocycles. The number of hydrogen-bond donors (Lipinski definition) is 4. The predicted octanol–water partition coefficient (Wildman–Crippen LogP) is 3.69. The van der Waals surface area contributed by atoms with Crippen LogP contribution in [0.3, 0.4) is 0 Å². The number of benzene rings is 2. The summed E-state index contributed by atoms with van der Waals surface area (Å²) in [5.41, 5.74) is 1.34. The molecule has 1 fully saturated rings. The first-order valence-corrected chi connectivity index (χ1v) is 17.5. The van der Waals surface area contributed by atoms with E-state index in [2.05, 4.69) is 30.9 Å². The molecule has 0 aliphatic carbocycles. The number of hydrogen-bond acceptors (Lipinski definition) is 9. The molecule has 0 bridgehead atoms. The van der Waals surface area contributed by atoms with Crippen molar-refractivity contribution in [2.24, 2.45) is 5.92 Å². The monoisotopic (exact) mass is 695 g/mol. The third-order valence-electron chi connectivity index (χ3n) is 8.86. The molecule has 5 atom stereocenters. The van der Waals surface area contributed by atoms with Crippen LogP contribution in [0.15, 0.2) is 85.2 Å². The van der Waals surface area contributed by atoms with Crippen molar-refractivity contribution in [2.45, 2.75) is 89.8 Å². The standard InChI is InChI=1S/C39H49N7O5/c1-25(2)34(44-35(48)30-17-16-27-14-9-10-15-29(27)42-30)37(50)43-31(22-26-12-7-6-8-13-26)33(47)24-46-21-18-28(51-38-40-19-11-20-41-38)23-32(46)36(49)45-39(3,4)5/h6-17,19-20,25,28,31-34,47H,18,21-24H2,1-5H3,(H,43,50)(H,44,48)(H,45,49)/t28-,31+,32?,33-,34+/m1/s1. The van der Waals surface area contributed by atoms with Gasteiger partial charge in [0.05, 0.1) is 23.7 Å². The Morgan fingerprint density at radius 1 is 0.941 bits per heavy atom. The number of aromatic nitrogens is 3. The molecule has 12 nitrogen and oxygen atoms in total. The van der Waals surface area contributed by atoms with Crippen molar-refractivity contribution in [3.05, 3.63) is 96.4 Å². The first-order chi connectivity index (χ1) is 24.4. The summed E-state index contributed by atoms with van der Waals surface area (Å²) in [5.74, 6) is -1.32. The van der Waals surface area contributed by atoms with Crippen molar-refractivity contribution in [3.8, 4) is 6.01 Å². The van der Waals surface area contributed by atoms with E-state index in [-0.39, 0.29) is 36.2 Å². The Morgan fingerprint density at radius 2 is 1.65 bits per heavy atom. The fourth-order valence-electron chi connectivity index (χ4n) is 6.26. The molecule has 4 aromatic rings. The highest BCUT2D eigenvalue weighted by molar-refractivity contribution is 5.98. The highest BCUT2D eigenvalue weighted by atomic mass is 16.5. The van der Waals surface area contributed by atoms with E-state index in [0.29, 0.717) is 31.3 Å². The number of nitrogens with zero attached hydrogens (tertiary/aromatic N) is 4. The molecule has 0 radical (unpaired) electrons. The van der Waals surface area contributed by atoms with E-state index in [1.54, 1.807) is 24.5 Å². The molecule has 270 valence electrons. The van der Waals surface area contributed by atoms with Crippen LogP contribution < -0.4 is 20.7 Å². The Labute approximate surface area is 299 Å². The van der Waals surface area contributed by atoms with E-state index >= 15 is 0 Å². The molecule has 0 spiro atoms. The van der Waals surface area contributed by atoms with Gasteiger partial charge in [0, 0.05) is 42.8 Å². The van der Waals surface area contributed by atoms with Gasteiger partial charge in [-0.3, -0.25) is 19.3 Å². The number of likely N-dealkylation sites (tertiary alicyclic amines) is 1.